The lowest BCUT2D eigenvalue weighted by Crippen LogP contribution is -2.47. The van der Waals surface area contributed by atoms with Crippen molar-refractivity contribution in [3.05, 3.63) is 47.1 Å². The standard InChI is InChI=1S/C33H52N4O5/c1-25(2)11-9-12-26(3)17-22-37-20-8-7-19-36(5)33(40)27(4)35-32(39)24-42-30-23-28(13-15-29(30)41-6)14-16-31(38)34-18-10-21-37/h11,13,15,17,23,27H,7-10,12,14,16,18-22,24H2,1-6H3,(H,34,38)(H,35,39)/t27-/m0/s1. The highest BCUT2D eigenvalue weighted by molar-refractivity contribution is 5.87. The lowest BCUT2D eigenvalue weighted by atomic mass is 10.1. The van der Waals surface area contributed by atoms with Crippen molar-refractivity contribution in [1.29, 1.82) is 0 Å². The second kappa shape index (κ2) is 19.0. The minimum Gasteiger partial charge on any atom is -0.493 e. The molecule has 0 saturated heterocycles. The summed E-state index contributed by atoms with van der Waals surface area (Å²) >= 11 is 0. The molecule has 0 aliphatic carbocycles. The third-order valence-corrected chi connectivity index (χ3v) is 7.33. The Morgan fingerprint density at radius 1 is 1.02 bits per heavy atom. The van der Waals surface area contributed by atoms with Gasteiger partial charge in [-0.1, -0.05) is 29.4 Å². The molecule has 0 radical (unpaired) electrons. The van der Waals surface area contributed by atoms with E-state index in [4.69, 9.17) is 9.47 Å². The van der Waals surface area contributed by atoms with Gasteiger partial charge in [-0.15, -0.1) is 0 Å². The highest BCUT2D eigenvalue weighted by Crippen LogP contribution is 2.28. The summed E-state index contributed by atoms with van der Waals surface area (Å²) in [7, 11) is 3.31. The van der Waals surface area contributed by atoms with Crippen LogP contribution in [-0.2, 0) is 20.8 Å². The second-order valence-electron chi connectivity index (χ2n) is 11.4. The summed E-state index contributed by atoms with van der Waals surface area (Å²) in [4.78, 5) is 42.1. The summed E-state index contributed by atoms with van der Waals surface area (Å²) in [6, 6.07) is 4.79. The van der Waals surface area contributed by atoms with E-state index in [1.165, 1.54) is 18.3 Å². The Kier molecular flexibility index (Phi) is 15.8. The second-order valence-corrected chi connectivity index (χ2v) is 11.4. The zero-order valence-corrected chi connectivity index (χ0v) is 26.6. The lowest BCUT2D eigenvalue weighted by Gasteiger charge is -2.24. The number of aryl methyl sites for hydroxylation is 1. The topological polar surface area (TPSA) is 100 Å². The van der Waals surface area contributed by atoms with Gasteiger partial charge >= 0.3 is 0 Å². The molecule has 1 aliphatic rings. The predicted molar refractivity (Wildman–Crippen MR) is 168 cm³/mol. The van der Waals surface area contributed by atoms with Crippen LogP contribution in [0.25, 0.3) is 0 Å². The molecule has 0 unspecified atom stereocenters. The molecule has 1 atom stereocenters. The number of hydrogen-bond acceptors (Lipinski definition) is 6. The van der Waals surface area contributed by atoms with Gasteiger partial charge in [-0.2, -0.15) is 0 Å². The van der Waals surface area contributed by atoms with Gasteiger partial charge in [-0.25, -0.2) is 0 Å². The van der Waals surface area contributed by atoms with Gasteiger partial charge in [0.25, 0.3) is 5.91 Å². The van der Waals surface area contributed by atoms with Crippen molar-refractivity contribution in [3.63, 3.8) is 0 Å². The average molecular weight is 585 g/mol. The number of allylic oxidation sites excluding steroid dienone is 3. The molecule has 3 amide bonds. The number of nitrogens with one attached hydrogen (secondary N) is 2. The molecule has 0 fully saturated rings. The fourth-order valence-corrected chi connectivity index (χ4v) is 4.75. The van der Waals surface area contributed by atoms with Gasteiger partial charge in [0.2, 0.25) is 11.8 Å². The maximum Gasteiger partial charge on any atom is 0.258 e. The van der Waals surface area contributed by atoms with E-state index in [2.05, 4.69) is 48.5 Å². The van der Waals surface area contributed by atoms with Crippen LogP contribution in [0, 0.1) is 0 Å². The third-order valence-electron chi connectivity index (χ3n) is 7.33. The SMILES string of the molecule is COc1ccc2cc1OCC(=O)N[C@@H](C)C(=O)N(C)CCCCN(CC=C(C)CCC=C(C)C)CCCNC(=O)CC2. The molecular formula is C33H52N4O5. The Hall–Kier alpha value is -3.33. The molecule has 0 saturated carbocycles. The Bertz CT molecular complexity index is 1080. The number of hydrogen-bond donors (Lipinski definition) is 2. The number of methoxy groups -OCH3 is 1. The molecule has 1 aliphatic heterocycles. The van der Waals surface area contributed by atoms with E-state index in [0.717, 1.165) is 57.3 Å². The fraction of sp³-hybridized carbons (Fsp3) is 0.606. The number of fused-ring (bicyclic) bond motifs is 2. The number of nitrogens with zero attached hydrogens (tertiary/aromatic N) is 2. The summed E-state index contributed by atoms with van der Waals surface area (Å²) in [5.41, 5.74) is 3.64. The van der Waals surface area contributed by atoms with Crippen LogP contribution in [0.1, 0.15) is 71.8 Å². The fourth-order valence-electron chi connectivity index (χ4n) is 4.75. The summed E-state index contributed by atoms with van der Waals surface area (Å²) in [5, 5.41) is 5.79. The molecule has 9 nitrogen and oxygen atoms in total. The monoisotopic (exact) mass is 584 g/mol. The van der Waals surface area contributed by atoms with E-state index < -0.39 is 11.9 Å². The molecule has 42 heavy (non-hydrogen) atoms. The maximum absolute atomic E-state index is 12.9. The first-order valence-electron chi connectivity index (χ1n) is 15.2. The third kappa shape index (κ3) is 13.6. The summed E-state index contributed by atoms with van der Waals surface area (Å²) in [6.07, 6.45) is 10.3. The van der Waals surface area contributed by atoms with Crippen molar-refractivity contribution in [2.45, 2.75) is 78.7 Å². The van der Waals surface area contributed by atoms with Crippen LogP contribution in [0.2, 0.25) is 0 Å². The normalized spacial score (nSPS) is 19.5. The Labute approximate surface area is 252 Å². The van der Waals surface area contributed by atoms with Crippen LogP contribution in [0.5, 0.6) is 11.5 Å². The highest BCUT2D eigenvalue weighted by atomic mass is 16.5. The molecule has 1 aromatic rings. The Balaban J connectivity index is 2.08. The first kappa shape index (κ1) is 34.9. The van der Waals surface area contributed by atoms with Crippen molar-refractivity contribution < 1.29 is 23.9 Å². The number of ether oxygens (including phenoxy) is 2. The number of rotatable bonds is 6. The zero-order chi connectivity index (χ0) is 30.9. The molecular weight excluding hydrogens is 532 g/mol. The van der Waals surface area contributed by atoms with Crippen molar-refractivity contribution in [3.8, 4) is 11.5 Å². The smallest absolute Gasteiger partial charge is 0.258 e. The maximum atomic E-state index is 12.9. The van der Waals surface area contributed by atoms with Crippen molar-refractivity contribution >= 4 is 17.7 Å². The van der Waals surface area contributed by atoms with E-state index in [0.29, 0.717) is 37.4 Å². The molecule has 1 aromatic carbocycles. The quantitative estimate of drug-likeness (QED) is 0.485. The van der Waals surface area contributed by atoms with E-state index in [-0.39, 0.29) is 18.4 Å². The van der Waals surface area contributed by atoms with Crippen LogP contribution in [0.3, 0.4) is 0 Å². The van der Waals surface area contributed by atoms with Crippen LogP contribution >= 0.6 is 0 Å². The number of amides is 3. The highest BCUT2D eigenvalue weighted by Gasteiger charge is 2.20. The molecule has 1 heterocycles. The van der Waals surface area contributed by atoms with Gasteiger partial charge in [-0.3, -0.25) is 19.3 Å². The molecule has 9 heteroatoms. The minimum absolute atomic E-state index is 0.0121. The van der Waals surface area contributed by atoms with Crippen LogP contribution in [0.4, 0.5) is 0 Å². The Morgan fingerprint density at radius 3 is 2.50 bits per heavy atom. The summed E-state index contributed by atoms with van der Waals surface area (Å²) in [5.74, 6) is 0.408. The van der Waals surface area contributed by atoms with E-state index in [9.17, 15) is 14.4 Å². The zero-order valence-electron chi connectivity index (χ0n) is 26.6. The van der Waals surface area contributed by atoms with Crippen molar-refractivity contribution in [2.75, 3.05) is 53.5 Å². The van der Waals surface area contributed by atoms with Crippen LogP contribution < -0.4 is 20.1 Å². The number of benzene rings is 1. The largest absolute Gasteiger partial charge is 0.493 e. The van der Waals surface area contributed by atoms with Crippen molar-refractivity contribution in [2.24, 2.45) is 0 Å². The number of carbonyl (C=O) groups excluding carboxylic acids is 3. The first-order valence-corrected chi connectivity index (χ1v) is 15.2. The Morgan fingerprint density at radius 2 is 1.76 bits per heavy atom. The van der Waals surface area contributed by atoms with Gasteiger partial charge in [0.05, 0.1) is 7.11 Å². The number of likely N-dealkylation sites (N-methyl/N-ethyl adjacent to an activating group) is 1. The van der Waals surface area contributed by atoms with Gasteiger partial charge in [0, 0.05) is 39.6 Å². The molecule has 0 aromatic heterocycles. The van der Waals surface area contributed by atoms with Gasteiger partial charge in [0.1, 0.15) is 6.04 Å². The molecule has 0 spiro atoms. The van der Waals surface area contributed by atoms with Crippen LogP contribution in [0.15, 0.2) is 41.5 Å². The molecule has 234 valence electrons. The van der Waals surface area contributed by atoms with Gasteiger partial charge < -0.3 is 25.0 Å². The van der Waals surface area contributed by atoms with E-state index in [1.54, 1.807) is 31.0 Å². The average Bonchev–Trinajstić information content (AvgIpc) is 2.96. The van der Waals surface area contributed by atoms with Crippen molar-refractivity contribution in [1.82, 2.24) is 20.4 Å². The summed E-state index contributed by atoms with van der Waals surface area (Å²) in [6.45, 7) is 11.8. The molecule has 2 N–H and O–H groups in total. The predicted octanol–water partition coefficient (Wildman–Crippen LogP) is 4.26. The van der Waals surface area contributed by atoms with E-state index >= 15 is 0 Å². The van der Waals surface area contributed by atoms with Gasteiger partial charge in [-0.05, 0) is 90.5 Å². The lowest BCUT2D eigenvalue weighted by molar-refractivity contribution is -0.135. The number of carbonyl (C=O) groups is 3. The van der Waals surface area contributed by atoms with E-state index in [1.807, 2.05) is 6.07 Å². The minimum atomic E-state index is -0.661. The van der Waals surface area contributed by atoms with Gasteiger partial charge in [0.15, 0.2) is 18.1 Å². The summed E-state index contributed by atoms with van der Waals surface area (Å²) < 4.78 is 11.1. The first-order chi connectivity index (χ1) is 20.1. The molecule has 2 rings (SSSR count). The van der Waals surface area contributed by atoms with Crippen LogP contribution in [-0.4, -0.2) is 87.1 Å². The molecule has 2 bridgehead atoms.